The molecule has 0 radical (unpaired) electrons. The lowest BCUT2D eigenvalue weighted by Crippen LogP contribution is -1.86. The van der Waals surface area contributed by atoms with Gasteiger partial charge in [0.05, 0.1) is 0 Å². The van der Waals surface area contributed by atoms with E-state index in [1.807, 2.05) is 23.5 Å². The van der Waals surface area contributed by atoms with Gasteiger partial charge in [0, 0.05) is 36.5 Å². The van der Waals surface area contributed by atoms with Gasteiger partial charge in [-0.2, -0.15) is 0 Å². The maximum Gasteiger partial charge on any atom is 0.143 e. The van der Waals surface area contributed by atoms with Gasteiger partial charge >= 0.3 is 0 Å². The highest BCUT2D eigenvalue weighted by Crippen LogP contribution is 2.46. The Hall–Kier alpha value is -9.34. The molecule has 0 saturated heterocycles. The summed E-state index contributed by atoms with van der Waals surface area (Å²) in [6.07, 6.45) is 0. The summed E-state index contributed by atoms with van der Waals surface area (Å²) in [4.78, 5) is 0. The molecule has 0 fully saturated rings. The lowest BCUT2D eigenvalue weighted by atomic mass is 9.92. The number of fused-ring (bicyclic) bond motifs is 6. The third-order valence-electron chi connectivity index (χ3n) is 14.7. The van der Waals surface area contributed by atoms with Gasteiger partial charge in [0.25, 0.3) is 0 Å². The van der Waals surface area contributed by atoms with E-state index >= 15 is 0 Å². The highest BCUT2D eigenvalue weighted by molar-refractivity contribution is 7.26. The number of hydrogen-bond acceptors (Lipinski definition) is 2. The second kappa shape index (κ2) is 18.4. The molecule has 2 heterocycles. The Kier molecular flexibility index (Phi) is 10.8. The van der Waals surface area contributed by atoms with Gasteiger partial charge in [-0.3, -0.25) is 0 Å². The molecule has 14 aromatic rings. The van der Waals surface area contributed by atoms with Crippen molar-refractivity contribution in [2.24, 2.45) is 0 Å². The lowest BCUT2D eigenvalue weighted by molar-refractivity contribution is 0.670. The molecule has 0 aliphatic rings. The first-order valence-corrected chi connectivity index (χ1v) is 26.1. The Labute approximate surface area is 434 Å². The zero-order valence-corrected chi connectivity index (χ0v) is 41.2. The second-order valence-corrected chi connectivity index (χ2v) is 20.2. The van der Waals surface area contributed by atoms with Crippen molar-refractivity contribution in [3.63, 3.8) is 0 Å². The summed E-state index contributed by atoms with van der Waals surface area (Å²) in [5.74, 6) is 0. The van der Waals surface area contributed by atoms with Gasteiger partial charge in [0.1, 0.15) is 11.2 Å². The minimum Gasteiger partial charge on any atom is -0.455 e. The number of thiophene rings is 1. The number of para-hydroxylation sites is 2. The summed E-state index contributed by atoms with van der Waals surface area (Å²) in [6.45, 7) is 0. The van der Waals surface area contributed by atoms with Gasteiger partial charge in [-0.1, -0.05) is 224 Å². The second-order valence-electron chi connectivity index (χ2n) is 19.2. The van der Waals surface area contributed by atoms with Crippen LogP contribution in [0, 0.1) is 0 Å². The average Bonchev–Trinajstić information content (AvgIpc) is 4.08. The zero-order chi connectivity index (χ0) is 49.0. The quantitative estimate of drug-likeness (QED) is 0.141. The molecule has 0 aliphatic carbocycles. The molecule has 0 N–H and O–H groups in total. The summed E-state index contributed by atoms with van der Waals surface area (Å²) in [6, 6.07) is 102. The van der Waals surface area contributed by atoms with Gasteiger partial charge in [-0.25, -0.2) is 0 Å². The molecule has 14 rings (SSSR count). The molecule has 74 heavy (non-hydrogen) atoms. The Balaban J connectivity index is 0.776. The van der Waals surface area contributed by atoms with Crippen molar-refractivity contribution in [2.45, 2.75) is 0 Å². The van der Waals surface area contributed by atoms with Crippen LogP contribution in [-0.2, 0) is 0 Å². The normalized spacial score (nSPS) is 11.5. The highest BCUT2D eigenvalue weighted by Gasteiger charge is 2.17. The van der Waals surface area contributed by atoms with E-state index in [1.54, 1.807) is 0 Å². The minimum absolute atomic E-state index is 0.911. The maximum absolute atomic E-state index is 6.43. The molecule has 0 spiro atoms. The van der Waals surface area contributed by atoms with Crippen molar-refractivity contribution >= 4 is 53.4 Å². The molecule has 1 nitrogen and oxygen atoms in total. The van der Waals surface area contributed by atoms with Gasteiger partial charge in [0.15, 0.2) is 0 Å². The number of hydrogen-bond donors (Lipinski definition) is 0. The van der Waals surface area contributed by atoms with Crippen LogP contribution >= 0.6 is 11.3 Å². The SMILES string of the molecule is c1ccc(-c2cc(-c3ccccc3)cc(-c3cccc4c3sc3c(-c5cccc(-c6cccc(-c7cccc(-c8cccc(-c9cccc(-c%10cccc%11c%10oc%10ccccc%10%11)c9)c8)c7)c6)c5)cccc34)c2)cc1. The molecule has 0 bridgehead atoms. The first kappa shape index (κ1) is 43.4. The Morgan fingerprint density at radius 1 is 0.203 bits per heavy atom. The summed E-state index contributed by atoms with van der Waals surface area (Å²) in [7, 11) is 0. The number of rotatable bonds is 9. The summed E-state index contributed by atoms with van der Waals surface area (Å²) in [5, 5.41) is 4.86. The maximum atomic E-state index is 6.43. The molecule has 0 aliphatic heterocycles. The predicted molar refractivity (Wildman–Crippen MR) is 316 cm³/mol. The monoisotopic (exact) mass is 958 g/mol. The van der Waals surface area contributed by atoms with Crippen LogP contribution in [0.1, 0.15) is 0 Å². The number of furan rings is 1. The molecule has 346 valence electrons. The standard InChI is InChI=1S/C72H46OS/c1-3-17-47(18-4-1)59-44-60(48-19-5-2-6-20-48)46-61(45-59)64-34-16-37-68-67-36-15-33-63(71(67)74-72(64)68)58-30-13-28-56(43-58)54-26-11-24-52(41-54)50-22-9-21-49(39-50)51-23-10-25-53(40-51)55-27-12-29-57(42-55)62-32-14-35-66-65-31-7-8-38-69(65)73-70(62)66/h1-46H. The van der Waals surface area contributed by atoms with Crippen molar-refractivity contribution in [2.75, 3.05) is 0 Å². The van der Waals surface area contributed by atoms with Crippen molar-refractivity contribution in [3.8, 4) is 100 Å². The molecular weight excluding hydrogens is 913 g/mol. The van der Waals surface area contributed by atoms with Gasteiger partial charge in [-0.05, 0) is 149 Å². The van der Waals surface area contributed by atoms with Gasteiger partial charge in [0.2, 0.25) is 0 Å². The smallest absolute Gasteiger partial charge is 0.143 e. The van der Waals surface area contributed by atoms with Crippen LogP contribution in [0.15, 0.2) is 283 Å². The minimum atomic E-state index is 0.911. The molecule has 0 amide bonds. The molecule has 0 saturated carbocycles. The summed E-state index contributed by atoms with van der Waals surface area (Å²) < 4.78 is 9.04. The van der Waals surface area contributed by atoms with E-state index in [1.165, 1.54) is 109 Å². The fourth-order valence-corrected chi connectivity index (χ4v) is 12.4. The van der Waals surface area contributed by atoms with Crippen LogP contribution in [0.3, 0.4) is 0 Å². The fraction of sp³-hybridized carbons (Fsp3) is 0. The molecule has 2 heteroatoms. The van der Waals surface area contributed by atoms with Crippen molar-refractivity contribution in [1.82, 2.24) is 0 Å². The van der Waals surface area contributed by atoms with Crippen LogP contribution in [0.25, 0.3) is 142 Å². The molecule has 0 atom stereocenters. The molecule has 0 unspecified atom stereocenters. The first-order chi connectivity index (χ1) is 36.6. The fourth-order valence-electron chi connectivity index (χ4n) is 11.0. The molecule has 2 aromatic heterocycles. The van der Waals surface area contributed by atoms with Crippen LogP contribution in [-0.4, -0.2) is 0 Å². The third kappa shape index (κ3) is 7.90. The topological polar surface area (TPSA) is 13.1 Å². The molecular formula is C72H46OS. The van der Waals surface area contributed by atoms with E-state index in [-0.39, 0.29) is 0 Å². The van der Waals surface area contributed by atoms with Crippen LogP contribution in [0.2, 0.25) is 0 Å². The van der Waals surface area contributed by atoms with Crippen molar-refractivity contribution in [1.29, 1.82) is 0 Å². The van der Waals surface area contributed by atoms with E-state index in [2.05, 4.69) is 267 Å². The highest BCUT2D eigenvalue weighted by atomic mass is 32.1. The molecule has 12 aromatic carbocycles. The van der Waals surface area contributed by atoms with E-state index in [0.717, 1.165) is 33.1 Å². The largest absolute Gasteiger partial charge is 0.455 e. The van der Waals surface area contributed by atoms with E-state index in [0.29, 0.717) is 0 Å². The van der Waals surface area contributed by atoms with E-state index in [4.69, 9.17) is 4.42 Å². The summed E-state index contributed by atoms with van der Waals surface area (Å²) >= 11 is 1.91. The Morgan fingerprint density at radius 2 is 0.514 bits per heavy atom. The van der Waals surface area contributed by atoms with Crippen LogP contribution in [0.4, 0.5) is 0 Å². The Morgan fingerprint density at radius 3 is 1.00 bits per heavy atom. The zero-order valence-electron chi connectivity index (χ0n) is 40.4. The summed E-state index contributed by atoms with van der Waals surface area (Å²) in [5.41, 5.74) is 23.3. The van der Waals surface area contributed by atoms with E-state index < -0.39 is 0 Å². The Bertz CT molecular complexity index is 4360. The first-order valence-electron chi connectivity index (χ1n) is 25.3. The van der Waals surface area contributed by atoms with Crippen LogP contribution in [0.5, 0.6) is 0 Å². The van der Waals surface area contributed by atoms with Gasteiger partial charge in [-0.15, -0.1) is 11.3 Å². The van der Waals surface area contributed by atoms with Gasteiger partial charge < -0.3 is 4.42 Å². The van der Waals surface area contributed by atoms with Crippen molar-refractivity contribution < 1.29 is 4.42 Å². The van der Waals surface area contributed by atoms with Crippen molar-refractivity contribution in [3.05, 3.63) is 279 Å². The third-order valence-corrected chi connectivity index (χ3v) is 15.9. The number of benzene rings is 12. The average molecular weight is 959 g/mol. The van der Waals surface area contributed by atoms with Crippen LogP contribution < -0.4 is 0 Å². The lowest BCUT2D eigenvalue weighted by Gasteiger charge is -2.12. The predicted octanol–water partition coefficient (Wildman–Crippen LogP) is 21.0. The van der Waals surface area contributed by atoms with E-state index in [9.17, 15) is 0 Å².